The maximum Gasteiger partial charge on any atom is 0.329 e. The molecular formula is C16H15NO4. The Kier molecular flexibility index (Phi) is 4.68. The lowest BCUT2D eigenvalue weighted by atomic mass is 10.0. The van der Waals surface area contributed by atoms with Gasteiger partial charge in [0.2, 0.25) is 0 Å². The molecule has 0 aliphatic rings. The summed E-state index contributed by atoms with van der Waals surface area (Å²) in [5, 5.41) is 21.7. The van der Waals surface area contributed by atoms with Crippen LogP contribution in [-0.2, 0) is 4.79 Å². The molecule has 5 heteroatoms. The molecular weight excluding hydrogens is 270 g/mol. The fourth-order valence-corrected chi connectivity index (χ4v) is 1.93. The van der Waals surface area contributed by atoms with Crippen LogP contribution < -0.4 is 5.32 Å². The molecule has 2 aromatic carbocycles. The Balaban J connectivity index is 2.17. The number of carboxylic acid groups (broad SMARTS) is 1. The van der Waals surface area contributed by atoms with Crippen molar-refractivity contribution in [2.75, 3.05) is 0 Å². The molecule has 108 valence electrons. The summed E-state index contributed by atoms with van der Waals surface area (Å²) in [7, 11) is 0. The highest BCUT2D eigenvalue weighted by Gasteiger charge is 2.29. The second kappa shape index (κ2) is 6.67. The number of amides is 1. The monoisotopic (exact) mass is 285 g/mol. The molecule has 0 heterocycles. The molecule has 0 unspecified atom stereocenters. The quantitative estimate of drug-likeness (QED) is 0.779. The van der Waals surface area contributed by atoms with Crippen LogP contribution in [0.25, 0.3) is 0 Å². The van der Waals surface area contributed by atoms with Crippen LogP contribution in [0.3, 0.4) is 0 Å². The molecule has 0 bridgehead atoms. The Morgan fingerprint density at radius 2 is 1.43 bits per heavy atom. The predicted octanol–water partition coefficient (Wildman–Crippen LogP) is 1.60. The smallest absolute Gasteiger partial charge is 0.329 e. The summed E-state index contributed by atoms with van der Waals surface area (Å²) in [5.74, 6) is -1.84. The molecule has 0 aromatic heterocycles. The van der Waals surface area contributed by atoms with Gasteiger partial charge in [0.1, 0.15) is 6.10 Å². The van der Waals surface area contributed by atoms with E-state index in [4.69, 9.17) is 0 Å². The van der Waals surface area contributed by atoms with E-state index in [1.807, 2.05) is 0 Å². The zero-order valence-corrected chi connectivity index (χ0v) is 11.1. The van der Waals surface area contributed by atoms with Crippen molar-refractivity contribution in [2.24, 2.45) is 0 Å². The van der Waals surface area contributed by atoms with Crippen LogP contribution in [0.5, 0.6) is 0 Å². The largest absolute Gasteiger partial charge is 0.480 e. The first-order chi connectivity index (χ1) is 10.1. The van der Waals surface area contributed by atoms with E-state index in [0.29, 0.717) is 11.1 Å². The molecule has 0 spiro atoms. The highest BCUT2D eigenvalue weighted by molar-refractivity contribution is 5.96. The van der Waals surface area contributed by atoms with Crippen LogP contribution in [0, 0.1) is 0 Å². The van der Waals surface area contributed by atoms with Crippen LogP contribution in [0.4, 0.5) is 0 Å². The van der Waals surface area contributed by atoms with Crippen molar-refractivity contribution in [3.05, 3.63) is 71.8 Å². The van der Waals surface area contributed by atoms with Gasteiger partial charge in [0.05, 0.1) is 0 Å². The molecule has 2 rings (SSSR count). The zero-order chi connectivity index (χ0) is 15.2. The molecule has 2 atom stereocenters. The number of aliphatic hydroxyl groups is 1. The Morgan fingerprint density at radius 3 is 1.95 bits per heavy atom. The van der Waals surface area contributed by atoms with E-state index in [-0.39, 0.29) is 0 Å². The summed E-state index contributed by atoms with van der Waals surface area (Å²) in [6.07, 6.45) is -1.32. The van der Waals surface area contributed by atoms with Gasteiger partial charge in [-0.3, -0.25) is 4.79 Å². The zero-order valence-electron chi connectivity index (χ0n) is 11.1. The maximum atomic E-state index is 12.0. The van der Waals surface area contributed by atoms with Crippen molar-refractivity contribution in [1.29, 1.82) is 0 Å². The number of carboxylic acids is 1. The highest BCUT2D eigenvalue weighted by atomic mass is 16.4. The lowest BCUT2D eigenvalue weighted by Crippen LogP contribution is -2.45. The van der Waals surface area contributed by atoms with Gasteiger partial charge < -0.3 is 15.5 Å². The summed E-state index contributed by atoms with van der Waals surface area (Å²) in [4.78, 5) is 23.3. The van der Waals surface area contributed by atoms with Gasteiger partial charge in [0, 0.05) is 5.56 Å². The van der Waals surface area contributed by atoms with E-state index in [1.54, 1.807) is 60.7 Å². The van der Waals surface area contributed by atoms with Gasteiger partial charge in [0.25, 0.3) is 5.91 Å². The number of carbonyl (C=O) groups is 2. The molecule has 0 aliphatic heterocycles. The van der Waals surface area contributed by atoms with Crippen LogP contribution in [-0.4, -0.2) is 28.1 Å². The van der Waals surface area contributed by atoms with Gasteiger partial charge >= 0.3 is 5.97 Å². The Hall–Kier alpha value is -2.66. The van der Waals surface area contributed by atoms with Crippen molar-refractivity contribution in [3.8, 4) is 0 Å². The standard InChI is InChI=1S/C16H15NO4/c18-14(11-7-3-1-4-8-11)13(16(20)21)17-15(19)12-9-5-2-6-10-12/h1-10,13-14,18H,(H,17,19)(H,20,21)/t13-,14+/m0/s1. The Bertz CT molecular complexity index is 613. The first-order valence-electron chi connectivity index (χ1n) is 6.41. The van der Waals surface area contributed by atoms with E-state index in [2.05, 4.69) is 5.32 Å². The van der Waals surface area contributed by atoms with Gasteiger partial charge in [-0.1, -0.05) is 48.5 Å². The van der Waals surface area contributed by atoms with Gasteiger partial charge in [-0.15, -0.1) is 0 Å². The molecule has 2 aromatic rings. The van der Waals surface area contributed by atoms with Crippen LogP contribution in [0.2, 0.25) is 0 Å². The Morgan fingerprint density at radius 1 is 0.905 bits per heavy atom. The number of hydrogen-bond acceptors (Lipinski definition) is 3. The van der Waals surface area contributed by atoms with E-state index < -0.39 is 24.0 Å². The highest BCUT2D eigenvalue weighted by Crippen LogP contribution is 2.17. The third-order valence-electron chi connectivity index (χ3n) is 3.05. The second-order valence-corrected chi connectivity index (χ2v) is 4.51. The summed E-state index contributed by atoms with van der Waals surface area (Å²) < 4.78 is 0. The molecule has 3 N–H and O–H groups in total. The molecule has 1 amide bonds. The number of nitrogens with one attached hydrogen (secondary N) is 1. The number of rotatable bonds is 5. The average Bonchev–Trinajstić information content (AvgIpc) is 2.53. The topological polar surface area (TPSA) is 86.6 Å². The average molecular weight is 285 g/mol. The number of benzene rings is 2. The van der Waals surface area contributed by atoms with Gasteiger partial charge in [-0.05, 0) is 17.7 Å². The van der Waals surface area contributed by atoms with E-state index in [1.165, 1.54) is 0 Å². The summed E-state index contributed by atoms with van der Waals surface area (Å²) in [5.41, 5.74) is 0.766. The summed E-state index contributed by atoms with van der Waals surface area (Å²) >= 11 is 0. The van der Waals surface area contributed by atoms with Crippen molar-refractivity contribution in [3.63, 3.8) is 0 Å². The van der Waals surface area contributed by atoms with Gasteiger partial charge in [-0.2, -0.15) is 0 Å². The van der Waals surface area contributed by atoms with Crippen LogP contribution in [0.1, 0.15) is 22.0 Å². The molecule has 0 saturated carbocycles. The summed E-state index contributed by atoms with van der Waals surface area (Å²) in [6.45, 7) is 0. The first-order valence-corrected chi connectivity index (χ1v) is 6.41. The van der Waals surface area contributed by atoms with Crippen molar-refractivity contribution in [1.82, 2.24) is 5.32 Å². The molecule has 0 radical (unpaired) electrons. The Labute approximate surface area is 121 Å². The minimum atomic E-state index is -1.42. The molecule has 0 fully saturated rings. The number of carbonyl (C=O) groups excluding carboxylic acids is 1. The van der Waals surface area contributed by atoms with Crippen LogP contribution >= 0.6 is 0 Å². The molecule has 0 aliphatic carbocycles. The minimum Gasteiger partial charge on any atom is -0.480 e. The van der Waals surface area contributed by atoms with Crippen LogP contribution in [0.15, 0.2) is 60.7 Å². The van der Waals surface area contributed by atoms with Crippen molar-refractivity contribution < 1.29 is 19.8 Å². The molecule has 0 saturated heterocycles. The number of hydrogen-bond donors (Lipinski definition) is 3. The number of aliphatic carboxylic acids is 1. The lowest BCUT2D eigenvalue weighted by Gasteiger charge is -2.20. The maximum absolute atomic E-state index is 12.0. The fourth-order valence-electron chi connectivity index (χ4n) is 1.93. The lowest BCUT2D eigenvalue weighted by molar-refractivity contribution is -0.142. The normalized spacial score (nSPS) is 13.2. The third-order valence-corrected chi connectivity index (χ3v) is 3.05. The van der Waals surface area contributed by atoms with E-state index >= 15 is 0 Å². The number of aliphatic hydroxyl groups excluding tert-OH is 1. The van der Waals surface area contributed by atoms with Gasteiger partial charge in [-0.25, -0.2) is 4.79 Å². The first kappa shape index (κ1) is 14.7. The predicted molar refractivity (Wildman–Crippen MR) is 76.7 cm³/mol. The fraction of sp³-hybridized carbons (Fsp3) is 0.125. The molecule has 21 heavy (non-hydrogen) atoms. The second-order valence-electron chi connectivity index (χ2n) is 4.51. The van der Waals surface area contributed by atoms with Crippen molar-refractivity contribution in [2.45, 2.75) is 12.1 Å². The van der Waals surface area contributed by atoms with E-state index in [9.17, 15) is 19.8 Å². The SMILES string of the molecule is O=C(N[C@H](C(=O)O)[C@H](O)c1ccccc1)c1ccccc1. The van der Waals surface area contributed by atoms with Crippen molar-refractivity contribution >= 4 is 11.9 Å². The minimum absolute atomic E-state index is 0.337. The third kappa shape index (κ3) is 3.67. The van der Waals surface area contributed by atoms with E-state index in [0.717, 1.165) is 0 Å². The summed E-state index contributed by atoms with van der Waals surface area (Å²) in [6, 6.07) is 15.2. The molecule has 5 nitrogen and oxygen atoms in total. The van der Waals surface area contributed by atoms with Gasteiger partial charge in [0.15, 0.2) is 6.04 Å².